The lowest BCUT2D eigenvalue weighted by molar-refractivity contribution is -0.116. The van der Waals surface area contributed by atoms with Gasteiger partial charge in [0.1, 0.15) is 22.8 Å². The molecule has 1 aromatic heterocycles. The Morgan fingerprint density at radius 2 is 1.72 bits per heavy atom. The van der Waals surface area contributed by atoms with E-state index in [1.807, 2.05) is 20.2 Å². The number of aromatic nitrogens is 2. The lowest BCUT2D eigenvalue weighted by Crippen LogP contribution is -2.40. The molecular formula is C29H32N4O6. The van der Waals surface area contributed by atoms with Gasteiger partial charge in [0.05, 0.1) is 37.9 Å². The van der Waals surface area contributed by atoms with Gasteiger partial charge in [-0.05, 0) is 62.5 Å². The Kier molecular flexibility index (Phi) is 8.67. The first-order chi connectivity index (χ1) is 18.8. The van der Waals surface area contributed by atoms with Crippen molar-refractivity contribution < 1.29 is 19.4 Å². The van der Waals surface area contributed by atoms with Crippen molar-refractivity contribution in [1.29, 1.82) is 0 Å². The Bertz CT molecular complexity index is 1570. The monoisotopic (exact) mass is 532 g/mol. The average molecular weight is 533 g/mol. The number of benzene rings is 3. The summed E-state index contributed by atoms with van der Waals surface area (Å²) in [5.41, 5.74) is 0.502. The van der Waals surface area contributed by atoms with Gasteiger partial charge in [0.25, 0.3) is 5.56 Å². The van der Waals surface area contributed by atoms with Gasteiger partial charge >= 0.3 is 5.69 Å². The zero-order valence-corrected chi connectivity index (χ0v) is 22.2. The second-order valence-electron chi connectivity index (χ2n) is 9.33. The van der Waals surface area contributed by atoms with Crippen molar-refractivity contribution in [2.45, 2.75) is 19.5 Å². The van der Waals surface area contributed by atoms with Gasteiger partial charge in [-0.15, -0.1) is 0 Å². The van der Waals surface area contributed by atoms with Crippen LogP contribution in [0.3, 0.4) is 0 Å². The number of carbonyl (C=O) groups is 1. The molecule has 0 unspecified atom stereocenters. The van der Waals surface area contributed by atoms with Crippen LogP contribution in [0.5, 0.6) is 17.2 Å². The highest BCUT2D eigenvalue weighted by molar-refractivity contribution is 5.93. The number of nitrogens with one attached hydrogen (secondary N) is 1. The highest BCUT2D eigenvalue weighted by atomic mass is 16.5. The van der Waals surface area contributed by atoms with E-state index in [4.69, 9.17) is 9.47 Å². The first kappa shape index (κ1) is 27.5. The summed E-state index contributed by atoms with van der Waals surface area (Å²) in [4.78, 5) is 40.7. The van der Waals surface area contributed by atoms with Crippen LogP contribution in [0, 0.1) is 0 Å². The number of carbonyl (C=O) groups excluding carboxylic acids is 1. The standard InChI is InChI=1S/C29H32N4O6/c1-31(2)19-26(35)30-23-9-4-5-11-25(23)39-17-7-16-32-27-22(8-6-10-24(27)34)28(36)33(29(32)37)18-20-12-14-21(38-3)15-13-20/h4-6,8-15,34H,7,16-19H2,1-3H3,(H,30,35). The van der Waals surface area contributed by atoms with Crippen molar-refractivity contribution in [1.82, 2.24) is 14.0 Å². The molecule has 0 radical (unpaired) electrons. The van der Waals surface area contributed by atoms with E-state index in [1.54, 1.807) is 66.6 Å². The second kappa shape index (κ2) is 12.3. The van der Waals surface area contributed by atoms with E-state index in [0.717, 1.165) is 5.56 Å². The molecule has 0 atom stereocenters. The number of likely N-dealkylation sites (N-methyl/N-ethyl adjacent to an activating group) is 1. The van der Waals surface area contributed by atoms with Gasteiger partial charge in [-0.25, -0.2) is 4.79 Å². The Hall–Kier alpha value is -4.57. The maximum Gasteiger partial charge on any atom is 0.331 e. The number of hydrogen-bond donors (Lipinski definition) is 2. The zero-order valence-electron chi connectivity index (χ0n) is 22.2. The quantitative estimate of drug-likeness (QED) is 0.286. The summed E-state index contributed by atoms with van der Waals surface area (Å²) in [6.07, 6.45) is 0.407. The molecule has 39 heavy (non-hydrogen) atoms. The fraction of sp³-hybridized carbons (Fsp3) is 0.276. The molecule has 1 heterocycles. The minimum absolute atomic E-state index is 0.0732. The number of phenols is 1. The van der Waals surface area contributed by atoms with Gasteiger partial charge < -0.3 is 24.8 Å². The van der Waals surface area contributed by atoms with E-state index in [0.29, 0.717) is 23.6 Å². The number of hydrogen-bond acceptors (Lipinski definition) is 7. The van der Waals surface area contributed by atoms with E-state index >= 15 is 0 Å². The van der Waals surface area contributed by atoms with Crippen LogP contribution in [-0.4, -0.2) is 59.4 Å². The highest BCUT2D eigenvalue weighted by Crippen LogP contribution is 2.24. The van der Waals surface area contributed by atoms with Crippen LogP contribution in [0.15, 0.2) is 76.3 Å². The molecule has 0 aliphatic rings. The summed E-state index contributed by atoms with van der Waals surface area (Å²) in [6.45, 7) is 0.745. The highest BCUT2D eigenvalue weighted by Gasteiger charge is 2.16. The molecule has 0 bridgehead atoms. The topological polar surface area (TPSA) is 115 Å². The summed E-state index contributed by atoms with van der Waals surface area (Å²) < 4.78 is 13.7. The van der Waals surface area contributed by atoms with Crippen molar-refractivity contribution >= 4 is 22.5 Å². The maximum absolute atomic E-state index is 13.5. The van der Waals surface area contributed by atoms with Crippen LogP contribution in [0.4, 0.5) is 5.69 Å². The van der Waals surface area contributed by atoms with Crippen molar-refractivity contribution in [3.8, 4) is 17.2 Å². The van der Waals surface area contributed by atoms with Gasteiger partial charge in [0.2, 0.25) is 5.91 Å². The summed E-state index contributed by atoms with van der Waals surface area (Å²) in [7, 11) is 5.19. The third-order valence-corrected chi connectivity index (χ3v) is 6.13. The zero-order chi connectivity index (χ0) is 27.9. The molecule has 10 nitrogen and oxygen atoms in total. The minimum Gasteiger partial charge on any atom is -0.506 e. The molecule has 2 N–H and O–H groups in total. The van der Waals surface area contributed by atoms with Crippen LogP contribution in [0.1, 0.15) is 12.0 Å². The normalized spacial score (nSPS) is 11.1. The van der Waals surface area contributed by atoms with E-state index in [1.165, 1.54) is 15.2 Å². The molecule has 0 aliphatic carbocycles. The molecule has 1 amide bonds. The summed E-state index contributed by atoms with van der Waals surface area (Å²) in [5.74, 6) is 0.872. The Morgan fingerprint density at radius 1 is 0.974 bits per heavy atom. The van der Waals surface area contributed by atoms with Crippen molar-refractivity contribution in [3.63, 3.8) is 0 Å². The predicted octanol–water partition coefficient (Wildman–Crippen LogP) is 2.89. The summed E-state index contributed by atoms with van der Waals surface area (Å²) in [5, 5.41) is 13.7. The number of ether oxygens (including phenoxy) is 2. The number of aromatic hydroxyl groups is 1. The van der Waals surface area contributed by atoms with Gasteiger partial charge in [0.15, 0.2) is 0 Å². The van der Waals surface area contributed by atoms with E-state index in [9.17, 15) is 19.5 Å². The second-order valence-corrected chi connectivity index (χ2v) is 9.33. The predicted molar refractivity (Wildman–Crippen MR) is 150 cm³/mol. The van der Waals surface area contributed by atoms with Crippen LogP contribution in [0.2, 0.25) is 0 Å². The number of methoxy groups -OCH3 is 1. The number of rotatable bonds is 11. The third kappa shape index (κ3) is 6.47. The summed E-state index contributed by atoms with van der Waals surface area (Å²) in [6, 6.07) is 18.9. The Balaban J connectivity index is 1.56. The molecule has 4 rings (SSSR count). The lowest BCUT2D eigenvalue weighted by Gasteiger charge is -2.16. The molecule has 0 fully saturated rings. The van der Waals surface area contributed by atoms with Crippen LogP contribution >= 0.6 is 0 Å². The molecule has 10 heteroatoms. The number of fused-ring (bicyclic) bond motifs is 1. The average Bonchev–Trinajstić information content (AvgIpc) is 2.91. The number of phenolic OH excluding ortho intramolecular Hbond substituents is 1. The van der Waals surface area contributed by atoms with Crippen LogP contribution < -0.4 is 26.0 Å². The number of para-hydroxylation sites is 3. The number of aryl methyl sites for hydroxylation is 1. The molecule has 0 saturated carbocycles. The van der Waals surface area contributed by atoms with Gasteiger partial charge in [-0.1, -0.05) is 30.3 Å². The van der Waals surface area contributed by atoms with E-state index in [-0.39, 0.29) is 48.8 Å². The van der Waals surface area contributed by atoms with Gasteiger partial charge in [-0.3, -0.25) is 18.7 Å². The third-order valence-electron chi connectivity index (χ3n) is 6.13. The van der Waals surface area contributed by atoms with Crippen LogP contribution in [-0.2, 0) is 17.9 Å². The number of anilines is 1. The smallest absolute Gasteiger partial charge is 0.331 e. The fourth-order valence-electron chi connectivity index (χ4n) is 4.30. The van der Waals surface area contributed by atoms with Crippen molar-refractivity contribution in [2.24, 2.45) is 0 Å². The molecule has 4 aromatic rings. The molecule has 0 aliphatic heterocycles. The first-order valence-corrected chi connectivity index (χ1v) is 12.5. The largest absolute Gasteiger partial charge is 0.506 e. The van der Waals surface area contributed by atoms with Gasteiger partial charge in [0, 0.05) is 6.54 Å². The molecule has 204 valence electrons. The van der Waals surface area contributed by atoms with E-state index in [2.05, 4.69) is 5.32 Å². The Labute approximate surface area is 225 Å². The number of amides is 1. The number of nitrogens with zero attached hydrogens (tertiary/aromatic N) is 3. The minimum atomic E-state index is -0.527. The molecule has 0 saturated heterocycles. The van der Waals surface area contributed by atoms with Crippen LogP contribution in [0.25, 0.3) is 10.9 Å². The Morgan fingerprint density at radius 3 is 2.44 bits per heavy atom. The van der Waals surface area contributed by atoms with Gasteiger partial charge in [-0.2, -0.15) is 0 Å². The maximum atomic E-state index is 13.5. The van der Waals surface area contributed by atoms with Crippen molar-refractivity contribution in [2.75, 3.05) is 39.7 Å². The van der Waals surface area contributed by atoms with E-state index < -0.39 is 11.2 Å². The fourth-order valence-corrected chi connectivity index (χ4v) is 4.30. The summed E-state index contributed by atoms with van der Waals surface area (Å²) >= 11 is 0. The molecular weight excluding hydrogens is 500 g/mol. The molecule has 3 aromatic carbocycles. The first-order valence-electron chi connectivity index (χ1n) is 12.5. The SMILES string of the molecule is COc1ccc(Cn2c(=O)c3cccc(O)c3n(CCCOc3ccccc3NC(=O)CN(C)C)c2=O)cc1. The molecule has 0 spiro atoms. The lowest BCUT2D eigenvalue weighted by atomic mass is 10.2. The van der Waals surface area contributed by atoms with Crippen molar-refractivity contribution in [3.05, 3.63) is 93.1 Å².